The summed E-state index contributed by atoms with van der Waals surface area (Å²) in [5.41, 5.74) is 1.32. The van der Waals surface area contributed by atoms with E-state index in [0.29, 0.717) is 24.7 Å². The first-order valence-electron chi connectivity index (χ1n) is 13.8. The fourth-order valence-electron chi connectivity index (χ4n) is 8.69. The molecule has 0 aromatic rings. The van der Waals surface area contributed by atoms with Crippen molar-refractivity contribution in [2.24, 2.45) is 34.0 Å². The second-order valence-corrected chi connectivity index (χ2v) is 13.8. The number of fused-ring (bicyclic) bond motifs is 2. The van der Waals surface area contributed by atoms with Gasteiger partial charge >= 0.3 is 0 Å². The molecule has 1 aliphatic heterocycles. The van der Waals surface area contributed by atoms with Crippen LogP contribution in [0.4, 0.5) is 0 Å². The average Bonchev–Trinajstić information content (AvgIpc) is 2.84. The van der Waals surface area contributed by atoms with Crippen molar-refractivity contribution in [3.8, 4) is 0 Å². The monoisotopic (exact) mass is 472 g/mol. The zero-order valence-corrected chi connectivity index (χ0v) is 22.9. The topological polar surface area (TPSA) is 63.6 Å². The Labute approximate surface area is 207 Å². The van der Waals surface area contributed by atoms with Crippen LogP contribution >= 0.6 is 0 Å². The molecule has 0 aromatic heterocycles. The number of ether oxygens (including phenoxy) is 1. The molecule has 1 N–H and O–H groups in total. The molecule has 3 fully saturated rings. The Kier molecular flexibility index (Phi) is 6.55. The third-order valence-electron chi connectivity index (χ3n) is 11.3. The van der Waals surface area contributed by atoms with E-state index in [1.165, 1.54) is 5.57 Å². The number of Topliss-reactive ketones (excluding diaryl/α,β-unsaturated/α-hetero) is 2. The van der Waals surface area contributed by atoms with E-state index in [0.717, 1.165) is 50.5 Å². The SMILES string of the molecule is CC1=C(CCC2C(C)CCC3OC(C)(C)C(=O)CCC32C)C2(C)CCC(O)C(C)(C)C2CC1=O. The first kappa shape index (κ1) is 26.1. The summed E-state index contributed by atoms with van der Waals surface area (Å²) in [6.45, 7) is 17.3. The van der Waals surface area contributed by atoms with Crippen molar-refractivity contribution in [2.45, 2.75) is 131 Å². The minimum Gasteiger partial charge on any atom is -0.393 e. The molecular weight excluding hydrogens is 424 g/mol. The largest absolute Gasteiger partial charge is 0.393 e. The molecule has 4 nitrogen and oxygen atoms in total. The van der Waals surface area contributed by atoms with Crippen LogP contribution in [0.25, 0.3) is 0 Å². The summed E-state index contributed by atoms with van der Waals surface area (Å²) in [5.74, 6) is 1.72. The molecule has 0 aromatic carbocycles. The molecule has 3 aliphatic carbocycles. The molecule has 34 heavy (non-hydrogen) atoms. The number of rotatable bonds is 3. The van der Waals surface area contributed by atoms with Crippen molar-refractivity contribution in [3.63, 3.8) is 0 Å². The first-order valence-corrected chi connectivity index (χ1v) is 13.8. The number of allylic oxidation sites excluding steroid dienone is 2. The molecule has 0 bridgehead atoms. The minimum absolute atomic E-state index is 0.0173. The van der Waals surface area contributed by atoms with Crippen LogP contribution in [0.15, 0.2) is 11.1 Å². The quantitative estimate of drug-likeness (QED) is 0.513. The summed E-state index contributed by atoms with van der Waals surface area (Å²) in [5, 5.41) is 10.8. The normalized spacial score (nSPS) is 44.3. The van der Waals surface area contributed by atoms with Gasteiger partial charge in [0.2, 0.25) is 0 Å². The molecule has 1 saturated heterocycles. The van der Waals surface area contributed by atoms with Crippen molar-refractivity contribution in [2.75, 3.05) is 0 Å². The van der Waals surface area contributed by atoms with Gasteiger partial charge in [-0.25, -0.2) is 0 Å². The molecule has 7 atom stereocenters. The molecule has 0 spiro atoms. The summed E-state index contributed by atoms with van der Waals surface area (Å²) < 4.78 is 6.53. The number of hydrogen-bond donors (Lipinski definition) is 1. The van der Waals surface area contributed by atoms with Crippen molar-refractivity contribution < 1.29 is 19.4 Å². The van der Waals surface area contributed by atoms with Crippen LogP contribution in [-0.4, -0.2) is 34.5 Å². The van der Waals surface area contributed by atoms with E-state index < -0.39 is 5.60 Å². The molecule has 4 heteroatoms. The van der Waals surface area contributed by atoms with Crippen molar-refractivity contribution in [1.82, 2.24) is 0 Å². The second kappa shape index (κ2) is 8.54. The van der Waals surface area contributed by atoms with Gasteiger partial charge in [-0.1, -0.05) is 40.2 Å². The zero-order chi connectivity index (χ0) is 25.3. The standard InChI is InChI=1S/C30H48O4/c1-18-9-12-26-30(8,16-14-25(33)28(5,6)34-26)20(18)10-11-21-19(2)22(31)17-23-27(3,4)24(32)13-15-29(21,23)7/h18,20,23-24,26,32H,9-17H2,1-8H3. The summed E-state index contributed by atoms with van der Waals surface area (Å²) >= 11 is 0. The fourth-order valence-corrected chi connectivity index (χ4v) is 8.69. The van der Waals surface area contributed by atoms with E-state index >= 15 is 0 Å². The molecule has 0 amide bonds. The van der Waals surface area contributed by atoms with E-state index in [1.807, 2.05) is 20.8 Å². The van der Waals surface area contributed by atoms with Gasteiger partial charge in [0.25, 0.3) is 0 Å². The van der Waals surface area contributed by atoms with Crippen LogP contribution in [0.2, 0.25) is 0 Å². The first-order chi connectivity index (χ1) is 15.6. The third-order valence-corrected chi connectivity index (χ3v) is 11.3. The van der Waals surface area contributed by atoms with Crippen molar-refractivity contribution in [1.29, 1.82) is 0 Å². The minimum atomic E-state index is -0.697. The van der Waals surface area contributed by atoms with Gasteiger partial charge in [-0.2, -0.15) is 0 Å². The Morgan fingerprint density at radius 1 is 1.00 bits per heavy atom. The van der Waals surface area contributed by atoms with E-state index in [9.17, 15) is 14.7 Å². The zero-order valence-electron chi connectivity index (χ0n) is 22.9. The summed E-state index contributed by atoms with van der Waals surface area (Å²) in [7, 11) is 0. The van der Waals surface area contributed by atoms with Gasteiger partial charge < -0.3 is 9.84 Å². The Morgan fingerprint density at radius 2 is 1.68 bits per heavy atom. The number of hydrogen-bond acceptors (Lipinski definition) is 4. The summed E-state index contributed by atoms with van der Waals surface area (Å²) in [4.78, 5) is 25.9. The number of carbonyl (C=O) groups is 2. The highest BCUT2D eigenvalue weighted by Crippen LogP contribution is 2.61. The van der Waals surface area contributed by atoms with Crippen LogP contribution in [0.1, 0.15) is 113 Å². The van der Waals surface area contributed by atoms with Gasteiger partial charge in [0.15, 0.2) is 11.6 Å². The Balaban J connectivity index is 1.63. The fraction of sp³-hybridized carbons (Fsp3) is 0.867. The Bertz CT molecular complexity index is 882. The lowest BCUT2D eigenvalue weighted by Crippen LogP contribution is -2.53. The van der Waals surface area contributed by atoms with Gasteiger partial charge in [-0.15, -0.1) is 0 Å². The summed E-state index contributed by atoms with van der Waals surface area (Å²) in [6.07, 6.45) is 7.70. The number of aliphatic hydroxyl groups is 1. The van der Waals surface area contributed by atoms with Gasteiger partial charge in [0.05, 0.1) is 12.2 Å². The van der Waals surface area contributed by atoms with Crippen LogP contribution < -0.4 is 0 Å². The molecule has 192 valence electrons. The van der Waals surface area contributed by atoms with Gasteiger partial charge in [0.1, 0.15) is 5.60 Å². The molecule has 4 rings (SSSR count). The number of carbonyl (C=O) groups excluding carboxylic acids is 2. The van der Waals surface area contributed by atoms with Crippen molar-refractivity contribution in [3.05, 3.63) is 11.1 Å². The second-order valence-electron chi connectivity index (χ2n) is 13.8. The maximum absolute atomic E-state index is 13.2. The van der Waals surface area contributed by atoms with Gasteiger partial charge in [-0.05, 0) is 105 Å². The van der Waals surface area contributed by atoms with Gasteiger partial charge in [-0.3, -0.25) is 9.59 Å². The molecule has 4 aliphatic rings. The highest BCUT2D eigenvalue weighted by molar-refractivity contribution is 5.97. The lowest BCUT2D eigenvalue weighted by molar-refractivity contribution is -0.166. The highest BCUT2D eigenvalue weighted by atomic mass is 16.5. The summed E-state index contributed by atoms with van der Waals surface area (Å²) in [6, 6.07) is 0. The van der Waals surface area contributed by atoms with E-state index in [-0.39, 0.29) is 45.9 Å². The van der Waals surface area contributed by atoms with Crippen LogP contribution in [0.3, 0.4) is 0 Å². The molecule has 0 radical (unpaired) electrons. The van der Waals surface area contributed by atoms with Crippen LogP contribution in [0.5, 0.6) is 0 Å². The molecule has 1 heterocycles. The third kappa shape index (κ3) is 3.95. The smallest absolute Gasteiger partial charge is 0.164 e. The lowest BCUT2D eigenvalue weighted by Gasteiger charge is -2.57. The molecular formula is C30H48O4. The Hall–Kier alpha value is -1.00. The molecule has 2 saturated carbocycles. The Morgan fingerprint density at radius 3 is 2.35 bits per heavy atom. The van der Waals surface area contributed by atoms with Crippen LogP contribution in [-0.2, 0) is 14.3 Å². The highest BCUT2D eigenvalue weighted by Gasteiger charge is 2.56. The predicted octanol–water partition coefficient (Wildman–Crippen LogP) is 6.44. The number of aliphatic hydroxyl groups excluding tert-OH is 1. The van der Waals surface area contributed by atoms with E-state index in [1.54, 1.807) is 0 Å². The van der Waals surface area contributed by atoms with E-state index in [4.69, 9.17) is 4.74 Å². The lowest BCUT2D eigenvalue weighted by atomic mass is 9.48. The van der Waals surface area contributed by atoms with Gasteiger partial charge in [0, 0.05) is 12.8 Å². The maximum Gasteiger partial charge on any atom is 0.164 e. The van der Waals surface area contributed by atoms with E-state index in [2.05, 4.69) is 34.6 Å². The molecule has 7 unspecified atom stereocenters. The predicted molar refractivity (Wildman–Crippen MR) is 135 cm³/mol. The average molecular weight is 473 g/mol. The maximum atomic E-state index is 13.2. The van der Waals surface area contributed by atoms with Crippen molar-refractivity contribution >= 4 is 11.6 Å². The van der Waals surface area contributed by atoms with Crippen LogP contribution in [0, 0.1) is 34.0 Å². The number of ketones is 2.